The number of rotatable bonds is 6. The fourth-order valence-electron chi connectivity index (χ4n) is 2.32. The van der Waals surface area contributed by atoms with Crippen LogP contribution in [0.1, 0.15) is 25.5 Å². The van der Waals surface area contributed by atoms with Gasteiger partial charge in [-0.2, -0.15) is 0 Å². The predicted molar refractivity (Wildman–Crippen MR) is 91.0 cm³/mol. The molecule has 0 bridgehead atoms. The number of hydrogen-bond acceptors (Lipinski definition) is 4. The van der Waals surface area contributed by atoms with E-state index in [1.807, 2.05) is 6.92 Å². The van der Waals surface area contributed by atoms with E-state index in [1.54, 1.807) is 25.1 Å². The van der Waals surface area contributed by atoms with Crippen molar-refractivity contribution in [3.05, 3.63) is 45.1 Å². The molecule has 0 saturated carbocycles. The van der Waals surface area contributed by atoms with Crippen LogP contribution in [-0.4, -0.2) is 31.8 Å². The Labute approximate surface area is 150 Å². The van der Waals surface area contributed by atoms with Crippen LogP contribution in [-0.2, 0) is 14.3 Å². The van der Waals surface area contributed by atoms with E-state index in [-0.39, 0.29) is 6.61 Å². The van der Waals surface area contributed by atoms with Crippen molar-refractivity contribution in [3.8, 4) is 0 Å². The van der Waals surface area contributed by atoms with E-state index in [0.717, 1.165) is 0 Å². The normalized spacial score (nSPS) is 17.3. The third kappa shape index (κ3) is 4.41. The van der Waals surface area contributed by atoms with Gasteiger partial charge in [0.1, 0.15) is 6.61 Å². The Hall–Kier alpha value is -1.76. The van der Waals surface area contributed by atoms with Gasteiger partial charge in [-0.05, 0) is 31.5 Å². The van der Waals surface area contributed by atoms with E-state index in [2.05, 4.69) is 10.6 Å². The first-order chi connectivity index (χ1) is 11.4. The molecule has 130 valence electrons. The number of halogens is 2. The van der Waals surface area contributed by atoms with Gasteiger partial charge >= 0.3 is 12.0 Å². The van der Waals surface area contributed by atoms with Crippen molar-refractivity contribution in [2.24, 2.45) is 0 Å². The molecule has 8 heteroatoms. The van der Waals surface area contributed by atoms with Crippen molar-refractivity contribution in [2.45, 2.75) is 19.9 Å². The Bertz CT molecular complexity index is 676. The molecule has 0 radical (unpaired) electrons. The first-order valence-corrected chi connectivity index (χ1v) is 8.17. The number of nitrogens with one attached hydrogen (secondary N) is 2. The maximum absolute atomic E-state index is 12.4. The summed E-state index contributed by atoms with van der Waals surface area (Å²) in [5.74, 6) is -0.532. The van der Waals surface area contributed by atoms with Crippen LogP contribution in [0.5, 0.6) is 0 Å². The Morgan fingerprint density at radius 3 is 2.67 bits per heavy atom. The molecule has 0 fully saturated rings. The van der Waals surface area contributed by atoms with Crippen molar-refractivity contribution < 1.29 is 19.1 Å². The first kappa shape index (κ1) is 18.6. The van der Waals surface area contributed by atoms with Crippen molar-refractivity contribution >= 4 is 35.2 Å². The molecular weight excluding hydrogens is 355 g/mol. The smallest absolute Gasteiger partial charge is 0.338 e. The monoisotopic (exact) mass is 372 g/mol. The lowest BCUT2D eigenvalue weighted by Gasteiger charge is -2.28. The first-order valence-electron chi connectivity index (χ1n) is 7.42. The summed E-state index contributed by atoms with van der Waals surface area (Å²) in [6.45, 7) is 4.48. The summed E-state index contributed by atoms with van der Waals surface area (Å²) in [6, 6.07) is 3.84. The minimum Gasteiger partial charge on any atom is -0.460 e. The molecule has 0 spiro atoms. The molecule has 1 heterocycles. The van der Waals surface area contributed by atoms with Crippen molar-refractivity contribution in [1.82, 2.24) is 10.6 Å². The number of hydrogen-bond donors (Lipinski definition) is 2. The van der Waals surface area contributed by atoms with Gasteiger partial charge in [0.15, 0.2) is 0 Å². The Morgan fingerprint density at radius 2 is 2.00 bits per heavy atom. The van der Waals surface area contributed by atoms with E-state index >= 15 is 0 Å². The molecular formula is C16H18Cl2N2O4. The second-order valence-corrected chi connectivity index (χ2v) is 5.89. The summed E-state index contributed by atoms with van der Waals surface area (Å²) in [5, 5.41) is 6.00. The molecule has 24 heavy (non-hydrogen) atoms. The molecule has 1 aliphatic heterocycles. The van der Waals surface area contributed by atoms with E-state index < -0.39 is 18.0 Å². The molecule has 0 saturated heterocycles. The van der Waals surface area contributed by atoms with E-state index in [9.17, 15) is 9.59 Å². The fraction of sp³-hybridized carbons (Fsp3) is 0.375. The van der Waals surface area contributed by atoms with Gasteiger partial charge in [0.05, 0.1) is 28.3 Å². The van der Waals surface area contributed by atoms with Crippen LogP contribution < -0.4 is 10.6 Å². The number of carbonyl (C=O) groups is 2. The molecule has 0 aromatic heterocycles. The topological polar surface area (TPSA) is 76.7 Å². The van der Waals surface area contributed by atoms with Crippen molar-refractivity contribution in [1.29, 1.82) is 0 Å². The third-order valence-corrected chi connectivity index (χ3v) is 4.17. The second kappa shape index (κ2) is 8.37. The Balaban J connectivity index is 2.26. The Kier molecular flexibility index (Phi) is 6.48. The molecule has 1 aromatic rings. The number of urea groups is 1. The Morgan fingerprint density at radius 1 is 1.25 bits per heavy atom. The van der Waals surface area contributed by atoms with Gasteiger partial charge in [0.25, 0.3) is 0 Å². The van der Waals surface area contributed by atoms with E-state index in [4.69, 9.17) is 32.7 Å². The quantitative estimate of drug-likeness (QED) is 0.593. The van der Waals surface area contributed by atoms with E-state index in [1.165, 1.54) is 0 Å². The maximum atomic E-state index is 12.4. The maximum Gasteiger partial charge on any atom is 0.338 e. The second-order valence-electron chi connectivity index (χ2n) is 5.08. The summed E-state index contributed by atoms with van der Waals surface area (Å²) < 4.78 is 10.4. The van der Waals surface area contributed by atoms with Crippen LogP contribution in [0.4, 0.5) is 4.79 Å². The predicted octanol–water partition coefficient (Wildman–Crippen LogP) is 3.20. The lowest BCUT2D eigenvalue weighted by molar-refractivity contribution is -0.141. The molecule has 1 atom stereocenters. The lowest BCUT2D eigenvalue weighted by Crippen LogP contribution is -2.45. The van der Waals surface area contributed by atoms with Crippen molar-refractivity contribution in [3.63, 3.8) is 0 Å². The molecule has 2 N–H and O–H groups in total. The zero-order valence-electron chi connectivity index (χ0n) is 13.3. The summed E-state index contributed by atoms with van der Waals surface area (Å²) in [5.41, 5.74) is 1.37. The van der Waals surface area contributed by atoms with Gasteiger partial charge in [0.2, 0.25) is 0 Å². The van der Waals surface area contributed by atoms with Gasteiger partial charge in [-0.1, -0.05) is 29.3 Å². The molecule has 2 amide bonds. The minimum atomic E-state index is -0.673. The minimum absolute atomic E-state index is 0.130. The SMILES string of the molecule is CCOCCOC(=O)C1=C(C)NC(=O)N[C@H]1c1ccc(Cl)c(Cl)c1. The lowest BCUT2D eigenvalue weighted by atomic mass is 9.95. The number of allylic oxidation sites excluding steroid dienone is 1. The molecule has 0 aliphatic carbocycles. The highest BCUT2D eigenvalue weighted by Gasteiger charge is 2.32. The number of ether oxygens (including phenoxy) is 2. The van der Waals surface area contributed by atoms with Gasteiger partial charge in [0, 0.05) is 12.3 Å². The zero-order chi connectivity index (χ0) is 17.7. The van der Waals surface area contributed by atoms with Crippen LogP contribution in [0.15, 0.2) is 29.5 Å². The van der Waals surface area contributed by atoms with E-state index in [0.29, 0.717) is 40.1 Å². The largest absolute Gasteiger partial charge is 0.460 e. The van der Waals surface area contributed by atoms with Crippen LogP contribution in [0.2, 0.25) is 10.0 Å². The van der Waals surface area contributed by atoms with Gasteiger partial charge < -0.3 is 20.1 Å². The fourth-order valence-corrected chi connectivity index (χ4v) is 2.63. The summed E-state index contributed by atoms with van der Waals surface area (Å²) in [7, 11) is 0. The average Bonchev–Trinajstić information content (AvgIpc) is 2.53. The molecule has 2 rings (SSSR count). The summed E-state index contributed by atoms with van der Waals surface area (Å²) in [4.78, 5) is 24.2. The number of carbonyl (C=O) groups excluding carboxylic acids is 2. The number of esters is 1. The molecule has 1 aliphatic rings. The standard InChI is InChI=1S/C16H18Cl2N2O4/c1-3-23-6-7-24-15(21)13-9(2)19-16(22)20-14(13)10-4-5-11(17)12(18)8-10/h4-5,8,14H,3,6-7H2,1-2H3,(H2,19,20,22)/t14-/m0/s1. The van der Waals surface area contributed by atoms with Gasteiger partial charge in [-0.3, -0.25) is 0 Å². The van der Waals surface area contributed by atoms with Crippen LogP contribution >= 0.6 is 23.2 Å². The van der Waals surface area contributed by atoms with Crippen LogP contribution in [0.25, 0.3) is 0 Å². The average molecular weight is 373 g/mol. The molecule has 1 aromatic carbocycles. The molecule has 0 unspecified atom stereocenters. The zero-order valence-corrected chi connectivity index (χ0v) is 14.8. The summed E-state index contributed by atoms with van der Waals surface area (Å²) in [6.07, 6.45) is 0. The van der Waals surface area contributed by atoms with Crippen molar-refractivity contribution in [2.75, 3.05) is 19.8 Å². The van der Waals surface area contributed by atoms with Gasteiger partial charge in [-0.15, -0.1) is 0 Å². The van der Waals surface area contributed by atoms with Gasteiger partial charge in [-0.25, -0.2) is 9.59 Å². The highest BCUT2D eigenvalue weighted by atomic mass is 35.5. The number of benzene rings is 1. The van der Waals surface area contributed by atoms with Crippen LogP contribution in [0, 0.1) is 0 Å². The number of amides is 2. The molecule has 6 nitrogen and oxygen atoms in total. The summed E-state index contributed by atoms with van der Waals surface area (Å²) >= 11 is 12.0. The highest BCUT2D eigenvalue weighted by molar-refractivity contribution is 6.42. The highest BCUT2D eigenvalue weighted by Crippen LogP contribution is 2.31. The third-order valence-electron chi connectivity index (χ3n) is 3.43. The van der Waals surface area contributed by atoms with Crippen LogP contribution in [0.3, 0.4) is 0 Å².